The first-order valence-electron chi connectivity index (χ1n) is 8.75. The van der Waals surface area contributed by atoms with Gasteiger partial charge in [-0.15, -0.1) is 11.3 Å². The number of carbonyl (C=O) groups is 1. The second-order valence-corrected chi connectivity index (χ2v) is 7.23. The number of benzene rings is 1. The summed E-state index contributed by atoms with van der Waals surface area (Å²) in [4.78, 5) is 31.2. The molecule has 0 saturated heterocycles. The van der Waals surface area contributed by atoms with Gasteiger partial charge in [0.2, 0.25) is 0 Å². The maximum atomic E-state index is 13.0. The van der Waals surface area contributed by atoms with Crippen molar-refractivity contribution in [2.45, 2.75) is 39.2 Å². The molecule has 0 aliphatic carbocycles. The molecule has 2 heterocycles. The normalized spacial score (nSPS) is 11.0. The van der Waals surface area contributed by atoms with Crippen molar-refractivity contribution >= 4 is 27.5 Å². The van der Waals surface area contributed by atoms with Crippen LogP contribution in [0.15, 0.2) is 41.2 Å². The lowest BCUT2D eigenvalue weighted by Gasteiger charge is -2.12. The van der Waals surface area contributed by atoms with Gasteiger partial charge in [-0.05, 0) is 24.5 Å². The monoisotopic (exact) mass is 370 g/mol. The van der Waals surface area contributed by atoms with Crippen LogP contribution in [0, 0.1) is 0 Å². The molecule has 0 aliphatic rings. The molecular weight excluding hydrogens is 348 g/mol. The van der Waals surface area contributed by atoms with Crippen LogP contribution in [0.4, 0.5) is 0 Å². The maximum Gasteiger partial charge on any atom is 0.305 e. The summed E-state index contributed by atoms with van der Waals surface area (Å²) in [5, 5.41) is 0.668. The molecule has 3 aromatic rings. The summed E-state index contributed by atoms with van der Waals surface area (Å²) in [6.45, 7) is 2.53. The predicted octanol–water partition coefficient (Wildman–Crippen LogP) is 3.56. The summed E-state index contributed by atoms with van der Waals surface area (Å²) in [7, 11) is 1.38. The van der Waals surface area contributed by atoms with Gasteiger partial charge in [-0.2, -0.15) is 0 Å². The van der Waals surface area contributed by atoms with Crippen molar-refractivity contribution in [2.75, 3.05) is 7.11 Å². The van der Waals surface area contributed by atoms with E-state index in [0.717, 1.165) is 27.5 Å². The van der Waals surface area contributed by atoms with Gasteiger partial charge >= 0.3 is 5.97 Å². The highest BCUT2D eigenvalue weighted by Gasteiger charge is 2.14. The fraction of sp³-hybridized carbons (Fsp3) is 0.350. The minimum atomic E-state index is -0.263. The number of fused-ring (bicyclic) bond motifs is 1. The molecule has 6 heteroatoms. The molecule has 0 saturated carbocycles. The van der Waals surface area contributed by atoms with Crippen LogP contribution in [0.2, 0.25) is 0 Å². The Morgan fingerprint density at radius 2 is 2.04 bits per heavy atom. The molecule has 0 atom stereocenters. The van der Waals surface area contributed by atoms with Gasteiger partial charge in [-0.3, -0.25) is 14.2 Å². The third-order valence-corrected chi connectivity index (χ3v) is 5.50. The third-order valence-electron chi connectivity index (χ3n) is 4.33. The highest BCUT2D eigenvalue weighted by atomic mass is 32.1. The van der Waals surface area contributed by atoms with E-state index in [1.165, 1.54) is 7.11 Å². The Morgan fingerprint density at radius 3 is 2.73 bits per heavy atom. The molecule has 1 aromatic carbocycles. The minimum absolute atomic E-state index is 0.0262. The number of aromatic nitrogens is 2. The Kier molecular flexibility index (Phi) is 5.83. The third kappa shape index (κ3) is 4.02. The fourth-order valence-corrected chi connectivity index (χ4v) is 3.89. The van der Waals surface area contributed by atoms with Crippen LogP contribution in [0.5, 0.6) is 0 Å². The van der Waals surface area contributed by atoms with Crippen molar-refractivity contribution in [1.82, 2.24) is 9.55 Å². The number of thiophene rings is 1. The van der Waals surface area contributed by atoms with E-state index in [4.69, 9.17) is 9.72 Å². The Bertz CT molecular complexity index is 960. The molecule has 0 N–H and O–H groups in total. The number of ether oxygens (including phenoxy) is 1. The van der Waals surface area contributed by atoms with Gasteiger partial charge in [0.15, 0.2) is 0 Å². The Morgan fingerprint density at radius 1 is 1.27 bits per heavy atom. The summed E-state index contributed by atoms with van der Waals surface area (Å²) in [5.74, 6) is 0.476. The van der Waals surface area contributed by atoms with E-state index in [1.54, 1.807) is 15.9 Å². The van der Waals surface area contributed by atoms with E-state index in [9.17, 15) is 9.59 Å². The number of hydrogen-bond donors (Lipinski definition) is 0. The Hall–Kier alpha value is -2.47. The van der Waals surface area contributed by atoms with E-state index in [1.807, 2.05) is 36.4 Å². The number of hydrogen-bond acceptors (Lipinski definition) is 5. The topological polar surface area (TPSA) is 61.2 Å². The highest BCUT2D eigenvalue weighted by Crippen LogP contribution is 2.23. The van der Waals surface area contributed by atoms with Crippen LogP contribution < -0.4 is 5.56 Å². The van der Waals surface area contributed by atoms with Gasteiger partial charge in [0.1, 0.15) is 10.7 Å². The molecule has 0 radical (unpaired) electrons. The average Bonchev–Trinajstić information content (AvgIpc) is 3.08. The Balaban J connectivity index is 1.99. The summed E-state index contributed by atoms with van der Waals surface area (Å²) in [6, 6.07) is 11.9. The number of nitrogens with zero attached hydrogens (tertiary/aromatic N) is 2. The zero-order chi connectivity index (χ0) is 18.5. The van der Waals surface area contributed by atoms with E-state index >= 15 is 0 Å². The largest absolute Gasteiger partial charge is 0.469 e. The molecule has 0 aliphatic heterocycles. The number of rotatable bonds is 7. The SMILES string of the molecule is CCc1cc2c(=O)n(CCCC(=O)OC)c(Cc3ccccc3)nc2s1. The van der Waals surface area contributed by atoms with Crippen molar-refractivity contribution < 1.29 is 9.53 Å². The molecule has 0 bridgehead atoms. The van der Waals surface area contributed by atoms with Gasteiger partial charge in [-0.1, -0.05) is 37.3 Å². The zero-order valence-electron chi connectivity index (χ0n) is 15.0. The molecule has 5 nitrogen and oxygen atoms in total. The van der Waals surface area contributed by atoms with E-state index in [0.29, 0.717) is 24.8 Å². The van der Waals surface area contributed by atoms with Crippen LogP contribution in [-0.4, -0.2) is 22.6 Å². The molecule has 136 valence electrons. The molecule has 2 aromatic heterocycles. The van der Waals surface area contributed by atoms with Crippen molar-refractivity contribution in [3.63, 3.8) is 0 Å². The van der Waals surface area contributed by atoms with Crippen LogP contribution in [-0.2, 0) is 28.9 Å². The molecule has 3 rings (SSSR count). The van der Waals surface area contributed by atoms with Gasteiger partial charge < -0.3 is 4.74 Å². The standard InChI is InChI=1S/C20H22N2O3S/c1-3-15-13-16-19(26-15)21-17(12-14-8-5-4-6-9-14)22(20(16)24)11-7-10-18(23)25-2/h4-6,8-9,13H,3,7,10-12H2,1-2H3. The summed E-state index contributed by atoms with van der Waals surface area (Å²) < 4.78 is 6.40. The summed E-state index contributed by atoms with van der Waals surface area (Å²) >= 11 is 1.58. The summed E-state index contributed by atoms with van der Waals surface area (Å²) in [5.41, 5.74) is 1.08. The maximum absolute atomic E-state index is 13.0. The lowest BCUT2D eigenvalue weighted by atomic mass is 10.1. The molecule has 0 spiro atoms. The number of carbonyl (C=O) groups excluding carboxylic acids is 1. The smallest absolute Gasteiger partial charge is 0.305 e. The second kappa shape index (κ2) is 8.27. The molecular formula is C20H22N2O3S. The van der Waals surface area contributed by atoms with E-state index in [2.05, 4.69) is 6.92 Å². The van der Waals surface area contributed by atoms with Gasteiger partial charge in [0, 0.05) is 24.3 Å². The van der Waals surface area contributed by atoms with Crippen molar-refractivity contribution in [2.24, 2.45) is 0 Å². The van der Waals surface area contributed by atoms with Crippen molar-refractivity contribution in [3.8, 4) is 0 Å². The van der Waals surface area contributed by atoms with Crippen LogP contribution >= 0.6 is 11.3 Å². The molecule has 0 fully saturated rings. The first-order chi connectivity index (χ1) is 12.6. The van der Waals surface area contributed by atoms with Gasteiger partial charge in [0.05, 0.1) is 12.5 Å². The first kappa shape index (κ1) is 18.3. The predicted molar refractivity (Wildman–Crippen MR) is 104 cm³/mol. The molecule has 0 amide bonds. The lowest BCUT2D eigenvalue weighted by Crippen LogP contribution is -2.25. The van der Waals surface area contributed by atoms with E-state index in [-0.39, 0.29) is 17.9 Å². The Labute approximate surface area is 156 Å². The highest BCUT2D eigenvalue weighted by molar-refractivity contribution is 7.18. The summed E-state index contributed by atoms with van der Waals surface area (Å²) in [6.07, 6.45) is 2.31. The number of aryl methyl sites for hydroxylation is 1. The molecule has 0 unspecified atom stereocenters. The number of esters is 1. The first-order valence-corrected chi connectivity index (χ1v) is 9.57. The molecule has 26 heavy (non-hydrogen) atoms. The minimum Gasteiger partial charge on any atom is -0.469 e. The van der Waals surface area contributed by atoms with Crippen LogP contribution in [0.1, 0.15) is 36.0 Å². The quantitative estimate of drug-likeness (QED) is 0.597. The van der Waals surface area contributed by atoms with Crippen molar-refractivity contribution in [1.29, 1.82) is 0 Å². The van der Waals surface area contributed by atoms with Gasteiger partial charge in [0.25, 0.3) is 5.56 Å². The van der Waals surface area contributed by atoms with Crippen LogP contribution in [0.25, 0.3) is 10.2 Å². The zero-order valence-corrected chi connectivity index (χ0v) is 15.8. The second-order valence-electron chi connectivity index (χ2n) is 6.11. The lowest BCUT2D eigenvalue weighted by molar-refractivity contribution is -0.140. The van der Waals surface area contributed by atoms with Gasteiger partial charge in [-0.25, -0.2) is 4.98 Å². The van der Waals surface area contributed by atoms with Crippen LogP contribution in [0.3, 0.4) is 0 Å². The average molecular weight is 370 g/mol. The fourth-order valence-electron chi connectivity index (χ4n) is 2.91. The van der Waals surface area contributed by atoms with Crippen molar-refractivity contribution in [3.05, 3.63) is 63.0 Å². The number of methoxy groups -OCH3 is 1. The van der Waals surface area contributed by atoms with E-state index < -0.39 is 0 Å².